The molecular formula is C15H28. The van der Waals surface area contributed by atoms with E-state index in [0.717, 1.165) is 5.92 Å². The average Bonchev–Trinajstić information content (AvgIpc) is 2.23. The van der Waals surface area contributed by atoms with E-state index in [1.54, 1.807) is 0 Å². The van der Waals surface area contributed by atoms with Crippen LogP contribution in [0.25, 0.3) is 0 Å². The van der Waals surface area contributed by atoms with Crippen molar-refractivity contribution >= 4 is 0 Å². The molecule has 0 heterocycles. The van der Waals surface area contributed by atoms with Gasteiger partial charge in [0.1, 0.15) is 0 Å². The van der Waals surface area contributed by atoms with E-state index < -0.39 is 0 Å². The van der Waals surface area contributed by atoms with Gasteiger partial charge in [-0.15, -0.1) is 13.2 Å². The van der Waals surface area contributed by atoms with E-state index >= 15 is 0 Å². The van der Waals surface area contributed by atoms with Crippen LogP contribution in [-0.2, 0) is 0 Å². The molecule has 15 heavy (non-hydrogen) atoms. The van der Waals surface area contributed by atoms with Gasteiger partial charge in [0.25, 0.3) is 0 Å². The first-order valence-corrected chi connectivity index (χ1v) is 6.37. The Morgan fingerprint density at radius 3 is 2.00 bits per heavy atom. The first-order chi connectivity index (χ1) is 7.10. The Morgan fingerprint density at radius 1 is 1.07 bits per heavy atom. The number of hydrogen-bond acceptors (Lipinski definition) is 0. The van der Waals surface area contributed by atoms with Crippen molar-refractivity contribution in [3.63, 3.8) is 0 Å². The SMILES string of the molecule is C=CC(C=C)(CCCC)CCCC(C)C. The summed E-state index contributed by atoms with van der Waals surface area (Å²) in [6.07, 6.45) is 11.8. The average molecular weight is 208 g/mol. The molecule has 0 saturated carbocycles. The van der Waals surface area contributed by atoms with Crippen molar-refractivity contribution in [3.8, 4) is 0 Å². The lowest BCUT2D eigenvalue weighted by Gasteiger charge is -2.27. The van der Waals surface area contributed by atoms with E-state index in [1.165, 1.54) is 38.5 Å². The van der Waals surface area contributed by atoms with Gasteiger partial charge in [-0.3, -0.25) is 0 Å². The lowest BCUT2D eigenvalue weighted by Crippen LogP contribution is -2.14. The van der Waals surface area contributed by atoms with Crippen LogP contribution in [0.5, 0.6) is 0 Å². The van der Waals surface area contributed by atoms with E-state index in [9.17, 15) is 0 Å². The summed E-state index contributed by atoms with van der Waals surface area (Å²) in [5.41, 5.74) is 0.199. The Morgan fingerprint density at radius 2 is 1.60 bits per heavy atom. The second-order valence-electron chi connectivity index (χ2n) is 5.03. The van der Waals surface area contributed by atoms with Gasteiger partial charge in [0.15, 0.2) is 0 Å². The van der Waals surface area contributed by atoms with Crippen molar-refractivity contribution in [2.24, 2.45) is 11.3 Å². The highest BCUT2D eigenvalue weighted by Gasteiger charge is 2.21. The summed E-state index contributed by atoms with van der Waals surface area (Å²) in [5.74, 6) is 0.809. The highest BCUT2D eigenvalue weighted by Crippen LogP contribution is 2.34. The molecule has 0 aliphatic heterocycles. The van der Waals surface area contributed by atoms with Gasteiger partial charge < -0.3 is 0 Å². The molecule has 0 radical (unpaired) electrons. The van der Waals surface area contributed by atoms with Crippen LogP contribution in [0.2, 0.25) is 0 Å². The second-order valence-corrected chi connectivity index (χ2v) is 5.03. The van der Waals surface area contributed by atoms with Crippen molar-refractivity contribution in [1.29, 1.82) is 0 Å². The number of unbranched alkanes of at least 4 members (excludes halogenated alkanes) is 1. The van der Waals surface area contributed by atoms with Crippen LogP contribution < -0.4 is 0 Å². The zero-order chi connectivity index (χ0) is 11.7. The fourth-order valence-electron chi connectivity index (χ4n) is 1.96. The summed E-state index contributed by atoms with van der Waals surface area (Å²) in [5, 5.41) is 0. The molecule has 0 aromatic heterocycles. The maximum absolute atomic E-state index is 3.98. The molecule has 0 amide bonds. The molecular weight excluding hydrogens is 180 g/mol. The van der Waals surface area contributed by atoms with Crippen LogP contribution in [0.15, 0.2) is 25.3 Å². The topological polar surface area (TPSA) is 0 Å². The summed E-state index contributed by atoms with van der Waals surface area (Å²) >= 11 is 0. The molecule has 0 nitrogen and oxygen atoms in total. The number of hydrogen-bond donors (Lipinski definition) is 0. The van der Waals surface area contributed by atoms with Gasteiger partial charge >= 0.3 is 0 Å². The summed E-state index contributed by atoms with van der Waals surface area (Å²) in [6, 6.07) is 0. The lowest BCUT2D eigenvalue weighted by molar-refractivity contribution is 0.369. The summed E-state index contributed by atoms with van der Waals surface area (Å²) in [6.45, 7) is 14.8. The van der Waals surface area contributed by atoms with E-state index in [0.29, 0.717) is 0 Å². The quantitative estimate of drug-likeness (QED) is 0.447. The molecule has 0 atom stereocenters. The molecule has 0 N–H and O–H groups in total. The van der Waals surface area contributed by atoms with Crippen molar-refractivity contribution in [3.05, 3.63) is 25.3 Å². The van der Waals surface area contributed by atoms with E-state index in [-0.39, 0.29) is 5.41 Å². The zero-order valence-corrected chi connectivity index (χ0v) is 10.9. The van der Waals surface area contributed by atoms with Crippen LogP contribution in [0.1, 0.15) is 59.3 Å². The van der Waals surface area contributed by atoms with Crippen LogP contribution in [0, 0.1) is 11.3 Å². The highest BCUT2D eigenvalue weighted by atomic mass is 14.3. The van der Waals surface area contributed by atoms with Gasteiger partial charge in [-0.05, 0) is 18.8 Å². The van der Waals surface area contributed by atoms with Gasteiger partial charge in [0.05, 0.1) is 0 Å². The van der Waals surface area contributed by atoms with E-state index in [1.807, 2.05) is 0 Å². The third kappa shape index (κ3) is 5.81. The van der Waals surface area contributed by atoms with Gasteiger partial charge in [-0.25, -0.2) is 0 Å². The molecule has 0 aromatic carbocycles. The van der Waals surface area contributed by atoms with E-state index in [4.69, 9.17) is 0 Å². The Labute approximate surface area is 96.5 Å². The minimum absolute atomic E-state index is 0.199. The first-order valence-electron chi connectivity index (χ1n) is 6.37. The fourth-order valence-corrected chi connectivity index (χ4v) is 1.96. The predicted octanol–water partition coefficient (Wildman–Crippen LogP) is 5.36. The molecule has 0 saturated heterocycles. The maximum atomic E-state index is 3.98. The van der Waals surface area contributed by atoms with Crippen LogP contribution >= 0.6 is 0 Å². The molecule has 0 spiro atoms. The normalized spacial score (nSPS) is 11.7. The van der Waals surface area contributed by atoms with Crippen molar-refractivity contribution < 1.29 is 0 Å². The van der Waals surface area contributed by atoms with E-state index in [2.05, 4.69) is 46.1 Å². The third-order valence-electron chi connectivity index (χ3n) is 3.23. The third-order valence-corrected chi connectivity index (χ3v) is 3.23. The molecule has 0 aromatic rings. The fraction of sp³-hybridized carbons (Fsp3) is 0.733. The Bertz CT molecular complexity index is 168. The summed E-state index contributed by atoms with van der Waals surface area (Å²) < 4.78 is 0. The predicted molar refractivity (Wildman–Crippen MR) is 71.0 cm³/mol. The van der Waals surface area contributed by atoms with Gasteiger partial charge in [0, 0.05) is 5.41 Å². The smallest absolute Gasteiger partial charge is 0.00556 e. The minimum Gasteiger partial charge on any atom is -0.102 e. The Balaban J connectivity index is 4.11. The highest BCUT2D eigenvalue weighted by molar-refractivity contribution is 5.06. The number of allylic oxidation sites excluding steroid dienone is 2. The molecule has 0 aliphatic carbocycles. The van der Waals surface area contributed by atoms with Crippen LogP contribution in [0.3, 0.4) is 0 Å². The van der Waals surface area contributed by atoms with Crippen molar-refractivity contribution in [1.82, 2.24) is 0 Å². The molecule has 0 bridgehead atoms. The Kier molecular flexibility index (Phi) is 7.46. The monoisotopic (exact) mass is 208 g/mol. The van der Waals surface area contributed by atoms with Crippen LogP contribution in [0.4, 0.5) is 0 Å². The van der Waals surface area contributed by atoms with Gasteiger partial charge in [0.2, 0.25) is 0 Å². The number of rotatable bonds is 9. The van der Waals surface area contributed by atoms with Crippen molar-refractivity contribution in [2.75, 3.05) is 0 Å². The standard InChI is InChI=1S/C15H28/c1-6-9-12-15(7-2,8-3)13-10-11-14(4)5/h7-8,14H,2-3,6,9-13H2,1,4-5H3. The van der Waals surface area contributed by atoms with Crippen molar-refractivity contribution in [2.45, 2.75) is 59.3 Å². The maximum Gasteiger partial charge on any atom is 0.00556 e. The zero-order valence-electron chi connectivity index (χ0n) is 10.9. The molecule has 0 unspecified atom stereocenters. The summed E-state index contributed by atoms with van der Waals surface area (Å²) in [4.78, 5) is 0. The minimum atomic E-state index is 0.199. The van der Waals surface area contributed by atoms with Gasteiger partial charge in [-0.1, -0.05) is 58.6 Å². The van der Waals surface area contributed by atoms with Crippen LogP contribution in [-0.4, -0.2) is 0 Å². The largest absolute Gasteiger partial charge is 0.102 e. The molecule has 0 rings (SSSR count). The molecule has 0 aliphatic rings. The molecule has 0 heteroatoms. The summed E-state index contributed by atoms with van der Waals surface area (Å²) in [7, 11) is 0. The first kappa shape index (κ1) is 14.5. The Hall–Kier alpha value is -0.520. The molecule has 0 fully saturated rings. The van der Waals surface area contributed by atoms with Gasteiger partial charge in [-0.2, -0.15) is 0 Å². The molecule has 88 valence electrons. The lowest BCUT2D eigenvalue weighted by atomic mass is 9.78. The second kappa shape index (κ2) is 7.73.